The highest BCUT2D eigenvalue weighted by Crippen LogP contribution is 2.21. The molecule has 5 rings (SSSR count). The number of amides is 2. The van der Waals surface area contributed by atoms with Gasteiger partial charge in [0.15, 0.2) is 5.82 Å². The summed E-state index contributed by atoms with van der Waals surface area (Å²) in [4.78, 5) is 56.8. The van der Waals surface area contributed by atoms with Crippen molar-refractivity contribution in [3.05, 3.63) is 66.6 Å². The van der Waals surface area contributed by atoms with Gasteiger partial charge in [-0.2, -0.15) is 5.10 Å². The molecule has 0 bridgehead atoms. The van der Waals surface area contributed by atoms with Crippen LogP contribution in [0.2, 0.25) is 0 Å². The molecule has 0 saturated carbocycles. The van der Waals surface area contributed by atoms with Gasteiger partial charge in [0.1, 0.15) is 30.0 Å². The molecule has 1 aliphatic heterocycles. The van der Waals surface area contributed by atoms with Crippen LogP contribution in [-0.4, -0.2) is 83.3 Å². The highest BCUT2D eigenvalue weighted by atomic mass is 16.2. The van der Waals surface area contributed by atoms with Crippen LogP contribution in [0.4, 0.5) is 0 Å². The van der Waals surface area contributed by atoms with Gasteiger partial charge in [0.2, 0.25) is 0 Å². The lowest BCUT2D eigenvalue weighted by Gasteiger charge is -2.34. The third-order valence-electron chi connectivity index (χ3n) is 5.39. The molecule has 3 aromatic heterocycles. The van der Waals surface area contributed by atoms with E-state index in [1.54, 1.807) is 17.0 Å². The van der Waals surface area contributed by atoms with E-state index in [0.717, 1.165) is 0 Å². The molecule has 11 nitrogen and oxygen atoms in total. The minimum atomic E-state index is -0.665. The Morgan fingerprint density at radius 2 is 1.66 bits per heavy atom. The number of ketones is 1. The van der Waals surface area contributed by atoms with Gasteiger partial charge in [-0.3, -0.25) is 14.4 Å². The SMILES string of the molecule is O=C(C(=O)N1CCN(C(=O)c2ccccc2)CC1)c1c[nH]c2c(-n3cncn3)ncnc12. The highest BCUT2D eigenvalue weighted by molar-refractivity contribution is 6.44. The van der Waals surface area contributed by atoms with Crippen LogP contribution in [0.1, 0.15) is 20.7 Å². The molecule has 0 spiro atoms. The lowest BCUT2D eigenvalue weighted by atomic mass is 10.1. The summed E-state index contributed by atoms with van der Waals surface area (Å²) in [6.45, 7) is 1.29. The van der Waals surface area contributed by atoms with Crippen LogP contribution < -0.4 is 0 Å². The first-order valence-electron chi connectivity index (χ1n) is 9.98. The molecule has 0 atom stereocenters. The Balaban J connectivity index is 1.31. The second kappa shape index (κ2) is 8.02. The molecule has 1 N–H and O–H groups in total. The maximum absolute atomic E-state index is 13.0. The number of rotatable bonds is 4. The minimum Gasteiger partial charge on any atom is -0.356 e. The van der Waals surface area contributed by atoms with Crippen LogP contribution in [0.5, 0.6) is 0 Å². The minimum absolute atomic E-state index is 0.0852. The summed E-state index contributed by atoms with van der Waals surface area (Å²) in [6.07, 6.45) is 5.61. The molecule has 0 aliphatic carbocycles. The zero-order valence-corrected chi connectivity index (χ0v) is 16.9. The van der Waals surface area contributed by atoms with Gasteiger partial charge in [-0.25, -0.2) is 19.6 Å². The van der Waals surface area contributed by atoms with Gasteiger partial charge in [0.05, 0.1) is 5.56 Å². The quantitative estimate of drug-likeness (QED) is 0.373. The van der Waals surface area contributed by atoms with Crippen molar-refractivity contribution in [3.8, 4) is 5.82 Å². The topological polar surface area (TPSA) is 130 Å². The number of piperazine rings is 1. The van der Waals surface area contributed by atoms with Gasteiger partial charge in [-0.05, 0) is 12.1 Å². The molecule has 4 heterocycles. The van der Waals surface area contributed by atoms with Gasteiger partial charge >= 0.3 is 0 Å². The van der Waals surface area contributed by atoms with Crippen molar-refractivity contribution in [2.75, 3.05) is 26.2 Å². The summed E-state index contributed by atoms with van der Waals surface area (Å²) < 4.78 is 1.44. The van der Waals surface area contributed by atoms with E-state index in [4.69, 9.17) is 0 Å². The number of nitrogens with zero attached hydrogens (tertiary/aromatic N) is 7. The van der Waals surface area contributed by atoms with E-state index in [1.807, 2.05) is 18.2 Å². The summed E-state index contributed by atoms with van der Waals surface area (Å²) in [5.74, 6) is -0.953. The van der Waals surface area contributed by atoms with Crippen LogP contribution in [0.3, 0.4) is 0 Å². The van der Waals surface area contributed by atoms with Gasteiger partial charge in [-0.15, -0.1) is 0 Å². The molecule has 1 saturated heterocycles. The number of carbonyl (C=O) groups is 3. The third-order valence-corrected chi connectivity index (χ3v) is 5.39. The maximum atomic E-state index is 13.0. The van der Waals surface area contributed by atoms with E-state index in [9.17, 15) is 14.4 Å². The predicted molar refractivity (Wildman–Crippen MR) is 112 cm³/mol. The lowest BCUT2D eigenvalue weighted by Crippen LogP contribution is -2.52. The Labute approximate surface area is 181 Å². The molecule has 11 heteroatoms. The largest absolute Gasteiger partial charge is 0.356 e. The first kappa shape index (κ1) is 19.5. The van der Waals surface area contributed by atoms with Crippen LogP contribution in [-0.2, 0) is 4.79 Å². The van der Waals surface area contributed by atoms with Crippen LogP contribution in [0, 0.1) is 0 Å². The van der Waals surface area contributed by atoms with Crippen molar-refractivity contribution in [2.24, 2.45) is 0 Å². The van der Waals surface area contributed by atoms with E-state index in [0.29, 0.717) is 35.5 Å². The van der Waals surface area contributed by atoms with E-state index >= 15 is 0 Å². The number of H-pyrrole nitrogens is 1. The molecule has 2 amide bonds. The number of hydrogen-bond acceptors (Lipinski definition) is 7. The predicted octanol–water partition coefficient (Wildman–Crippen LogP) is 0.706. The number of benzene rings is 1. The molecular weight excluding hydrogens is 412 g/mol. The monoisotopic (exact) mass is 430 g/mol. The van der Waals surface area contributed by atoms with E-state index in [2.05, 4.69) is 25.0 Å². The third kappa shape index (κ3) is 3.39. The molecule has 4 aromatic rings. The van der Waals surface area contributed by atoms with Crippen LogP contribution in [0.25, 0.3) is 16.9 Å². The van der Waals surface area contributed by atoms with E-state index in [-0.39, 0.29) is 24.6 Å². The number of aromatic amines is 1. The lowest BCUT2D eigenvalue weighted by molar-refractivity contribution is -0.127. The fourth-order valence-corrected chi connectivity index (χ4v) is 3.73. The Morgan fingerprint density at radius 1 is 0.906 bits per heavy atom. The highest BCUT2D eigenvalue weighted by Gasteiger charge is 2.30. The number of carbonyl (C=O) groups excluding carboxylic acids is 3. The zero-order valence-electron chi connectivity index (χ0n) is 16.9. The average molecular weight is 430 g/mol. The average Bonchev–Trinajstić information content (AvgIpc) is 3.53. The van der Waals surface area contributed by atoms with Crippen molar-refractivity contribution in [2.45, 2.75) is 0 Å². The maximum Gasteiger partial charge on any atom is 0.295 e. The smallest absolute Gasteiger partial charge is 0.295 e. The van der Waals surface area contributed by atoms with Crippen molar-refractivity contribution in [1.82, 2.24) is 39.5 Å². The first-order chi connectivity index (χ1) is 15.6. The number of aromatic nitrogens is 6. The summed E-state index contributed by atoms with van der Waals surface area (Å²) >= 11 is 0. The Hall–Kier alpha value is -4.41. The van der Waals surface area contributed by atoms with Gasteiger partial charge < -0.3 is 14.8 Å². The molecule has 1 aliphatic rings. The number of fused-ring (bicyclic) bond motifs is 1. The molecule has 0 unspecified atom stereocenters. The van der Waals surface area contributed by atoms with E-state index in [1.165, 1.54) is 34.8 Å². The fraction of sp³-hybridized carbons (Fsp3) is 0.190. The normalized spacial score (nSPS) is 14.0. The second-order valence-corrected chi connectivity index (χ2v) is 7.24. The Kier molecular flexibility index (Phi) is 4.90. The van der Waals surface area contributed by atoms with Crippen molar-refractivity contribution in [3.63, 3.8) is 0 Å². The molecule has 1 fully saturated rings. The van der Waals surface area contributed by atoms with Crippen molar-refractivity contribution < 1.29 is 14.4 Å². The summed E-state index contributed by atoms with van der Waals surface area (Å²) in [5.41, 5.74) is 1.58. The Morgan fingerprint density at radius 3 is 2.38 bits per heavy atom. The van der Waals surface area contributed by atoms with E-state index < -0.39 is 11.7 Å². The van der Waals surface area contributed by atoms with Crippen molar-refractivity contribution >= 4 is 28.6 Å². The van der Waals surface area contributed by atoms with Crippen LogP contribution >= 0.6 is 0 Å². The van der Waals surface area contributed by atoms with Gasteiger partial charge in [0, 0.05) is 37.9 Å². The van der Waals surface area contributed by atoms with Crippen LogP contribution in [0.15, 0.2) is 55.5 Å². The standard InChI is InChI=1S/C21H18N8O3/c30-18(15-10-23-17-16(15)24-12-25-19(17)29-13-22-11-26-29)21(32)28-8-6-27(7-9-28)20(31)14-4-2-1-3-5-14/h1-5,10-13,23H,6-9H2. The summed E-state index contributed by atoms with van der Waals surface area (Å²) in [7, 11) is 0. The second-order valence-electron chi connectivity index (χ2n) is 7.24. The van der Waals surface area contributed by atoms with Gasteiger partial charge in [0.25, 0.3) is 17.6 Å². The molecular formula is C21H18N8O3. The summed E-state index contributed by atoms with van der Waals surface area (Å²) in [6, 6.07) is 8.99. The molecule has 1 aromatic carbocycles. The summed E-state index contributed by atoms with van der Waals surface area (Å²) in [5, 5.41) is 4.05. The number of Topliss-reactive ketones (excluding diaryl/α,β-unsaturated/α-hetero) is 1. The Bertz CT molecular complexity index is 1290. The molecule has 0 radical (unpaired) electrons. The first-order valence-corrected chi connectivity index (χ1v) is 9.98. The zero-order chi connectivity index (χ0) is 22.1. The molecule has 32 heavy (non-hydrogen) atoms. The number of nitrogens with one attached hydrogen (secondary N) is 1. The van der Waals surface area contributed by atoms with Gasteiger partial charge in [-0.1, -0.05) is 18.2 Å². The number of hydrogen-bond donors (Lipinski definition) is 1. The fourth-order valence-electron chi connectivity index (χ4n) is 3.73. The molecule has 160 valence electrons. The van der Waals surface area contributed by atoms with Crippen molar-refractivity contribution in [1.29, 1.82) is 0 Å².